The van der Waals surface area contributed by atoms with Gasteiger partial charge in [0.25, 0.3) is 0 Å². The molecule has 0 N–H and O–H groups in total. The molecule has 23 heavy (non-hydrogen) atoms. The number of hydrogen-bond acceptors (Lipinski definition) is 1. The van der Waals surface area contributed by atoms with Gasteiger partial charge in [-0.05, 0) is 12.8 Å². The highest BCUT2D eigenvalue weighted by molar-refractivity contribution is 9.09. The molecule has 132 valence electrons. The number of carbonyl (C=O) groups is 1. The molecule has 0 aliphatic heterocycles. The van der Waals surface area contributed by atoms with Crippen LogP contribution in [0.4, 0.5) is 0 Å². The van der Waals surface area contributed by atoms with Gasteiger partial charge >= 0.3 is 0 Å². The number of ketones is 1. The zero-order valence-corrected chi connectivity index (χ0v) is 16.4. The van der Waals surface area contributed by atoms with Crippen molar-refractivity contribution in [2.75, 3.05) is 5.33 Å². The number of rotatable bonds is 16. The molecule has 0 spiro atoms. The Kier molecular flexibility index (Phi) is 13.6. The summed E-state index contributed by atoms with van der Waals surface area (Å²) in [5.41, 5.74) is 0. The highest BCUT2D eigenvalue weighted by atomic mass is 79.9. The summed E-state index contributed by atoms with van der Waals surface area (Å²) in [6, 6.07) is 0. The number of halogens is 1. The van der Waals surface area contributed by atoms with E-state index >= 15 is 0 Å². The predicted octanol–water partition coefficient (Wildman–Crippen LogP) is 7.15. The van der Waals surface area contributed by atoms with Gasteiger partial charge in [0.05, 0.1) is 5.92 Å². The largest absolute Gasteiger partial charge is 0.299 e. The third kappa shape index (κ3) is 11.8. The lowest BCUT2D eigenvalue weighted by atomic mass is 9.99. The van der Waals surface area contributed by atoms with Crippen molar-refractivity contribution >= 4 is 21.7 Å². The van der Waals surface area contributed by atoms with Crippen molar-refractivity contribution < 1.29 is 4.79 Å². The summed E-state index contributed by atoms with van der Waals surface area (Å²) in [7, 11) is 0. The first-order chi connectivity index (χ1) is 11.3. The third-order valence-corrected chi connectivity index (χ3v) is 5.24. The molecule has 0 heterocycles. The lowest BCUT2D eigenvalue weighted by Crippen LogP contribution is -2.07. The lowest BCUT2D eigenvalue weighted by Gasteiger charge is -2.05. The van der Waals surface area contributed by atoms with E-state index in [0.717, 1.165) is 18.2 Å². The summed E-state index contributed by atoms with van der Waals surface area (Å²) >= 11 is 3.48. The van der Waals surface area contributed by atoms with Crippen LogP contribution in [-0.4, -0.2) is 11.1 Å². The monoisotopic (exact) mass is 382 g/mol. The zero-order chi connectivity index (χ0) is 16.6. The smallest absolute Gasteiger partial charge is 0.143 e. The molecule has 0 aromatic carbocycles. The van der Waals surface area contributed by atoms with E-state index in [0.29, 0.717) is 5.78 Å². The van der Waals surface area contributed by atoms with Crippen molar-refractivity contribution in [3.63, 3.8) is 0 Å². The van der Waals surface area contributed by atoms with E-state index < -0.39 is 0 Å². The lowest BCUT2D eigenvalue weighted by molar-refractivity contribution is -0.120. The van der Waals surface area contributed by atoms with E-state index in [1.807, 2.05) is 24.3 Å². The van der Waals surface area contributed by atoms with E-state index in [9.17, 15) is 4.79 Å². The Labute approximate surface area is 152 Å². The van der Waals surface area contributed by atoms with Gasteiger partial charge in [0.2, 0.25) is 0 Å². The first-order valence-corrected chi connectivity index (χ1v) is 10.9. The van der Waals surface area contributed by atoms with E-state index in [1.165, 1.54) is 77.0 Å². The SMILES string of the molecule is O=C(CCCCCCCCCCCCCCCBr)C1C=CC=C1. The highest BCUT2D eigenvalue weighted by Gasteiger charge is 2.12. The average molecular weight is 383 g/mol. The van der Waals surface area contributed by atoms with Gasteiger partial charge in [-0.3, -0.25) is 4.79 Å². The standard InChI is InChI=1S/C21H35BrO/c22-19-15-11-9-7-5-3-1-2-4-6-8-10-12-18-21(23)20-16-13-14-17-20/h13-14,16-17,20H,1-12,15,18-19H2. The second-order valence-corrected chi connectivity index (χ2v) is 7.59. The maximum Gasteiger partial charge on any atom is 0.143 e. The van der Waals surface area contributed by atoms with Gasteiger partial charge in [-0.15, -0.1) is 0 Å². The molecule has 0 radical (unpaired) electrons. The summed E-state index contributed by atoms with van der Waals surface area (Å²) < 4.78 is 0. The summed E-state index contributed by atoms with van der Waals surface area (Å²) in [6.45, 7) is 0. The molecule has 2 heteroatoms. The fourth-order valence-electron chi connectivity index (χ4n) is 3.15. The number of carbonyl (C=O) groups excluding carboxylic acids is 1. The van der Waals surface area contributed by atoms with Gasteiger partial charge in [0.1, 0.15) is 5.78 Å². The third-order valence-electron chi connectivity index (χ3n) is 4.68. The average Bonchev–Trinajstić information content (AvgIpc) is 3.09. The van der Waals surface area contributed by atoms with Crippen LogP contribution in [0.2, 0.25) is 0 Å². The minimum absolute atomic E-state index is 0.0782. The molecule has 0 saturated carbocycles. The Morgan fingerprint density at radius 1 is 0.652 bits per heavy atom. The Bertz CT molecular complexity index is 334. The number of unbranched alkanes of at least 4 members (excludes halogenated alkanes) is 12. The van der Waals surface area contributed by atoms with E-state index in [-0.39, 0.29) is 5.92 Å². The number of alkyl halides is 1. The van der Waals surface area contributed by atoms with E-state index in [2.05, 4.69) is 15.9 Å². The molecule has 1 aliphatic carbocycles. The second kappa shape index (κ2) is 15.2. The Morgan fingerprint density at radius 3 is 1.48 bits per heavy atom. The summed E-state index contributed by atoms with van der Waals surface area (Å²) in [5.74, 6) is 0.473. The van der Waals surface area contributed by atoms with Crippen molar-refractivity contribution in [2.24, 2.45) is 5.92 Å². The zero-order valence-electron chi connectivity index (χ0n) is 14.8. The highest BCUT2D eigenvalue weighted by Crippen LogP contribution is 2.16. The normalized spacial score (nSPS) is 14.0. The molecular formula is C21H35BrO. The number of hydrogen-bond donors (Lipinski definition) is 0. The molecule has 1 nitrogen and oxygen atoms in total. The van der Waals surface area contributed by atoms with Crippen LogP contribution in [0.25, 0.3) is 0 Å². The molecule has 1 aliphatic rings. The number of allylic oxidation sites excluding steroid dienone is 4. The Balaban J connectivity index is 1.74. The maximum atomic E-state index is 11.9. The van der Waals surface area contributed by atoms with Gasteiger partial charge in [0.15, 0.2) is 0 Å². The molecule has 0 saturated heterocycles. The van der Waals surface area contributed by atoms with Crippen molar-refractivity contribution in [1.82, 2.24) is 0 Å². The van der Waals surface area contributed by atoms with E-state index in [4.69, 9.17) is 0 Å². The van der Waals surface area contributed by atoms with Crippen LogP contribution in [0.3, 0.4) is 0 Å². The van der Waals surface area contributed by atoms with Crippen LogP contribution in [0.1, 0.15) is 89.9 Å². The minimum Gasteiger partial charge on any atom is -0.299 e. The van der Waals surface area contributed by atoms with E-state index in [1.54, 1.807) is 0 Å². The quantitative estimate of drug-likeness (QED) is 0.204. The van der Waals surface area contributed by atoms with Crippen LogP contribution in [0.15, 0.2) is 24.3 Å². The minimum atomic E-state index is 0.0782. The Morgan fingerprint density at radius 2 is 1.04 bits per heavy atom. The maximum absolute atomic E-state index is 11.9. The molecule has 0 unspecified atom stereocenters. The van der Waals surface area contributed by atoms with Crippen LogP contribution in [0.5, 0.6) is 0 Å². The van der Waals surface area contributed by atoms with Crippen molar-refractivity contribution in [3.8, 4) is 0 Å². The topological polar surface area (TPSA) is 17.1 Å². The van der Waals surface area contributed by atoms with Gasteiger partial charge in [-0.25, -0.2) is 0 Å². The molecule has 0 bridgehead atoms. The fourth-order valence-corrected chi connectivity index (χ4v) is 3.55. The van der Waals surface area contributed by atoms with Crippen LogP contribution < -0.4 is 0 Å². The number of Topliss-reactive ketones (excluding diaryl/α,β-unsaturated/α-hetero) is 1. The van der Waals surface area contributed by atoms with Crippen LogP contribution >= 0.6 is 15.9 Å². The van der Waals surface area contributed by atoms with Crippen molar-refractivity contribution in [1.29, 1.82) is 0 Å². The molecule has 0 amide bonds. The summed E-state index contributed by atoms with van der Waals surface area (Å²) in [5, 5.41) is 1.16. The van der Waals surface area contributed by atoms with Gasteiger partial charge < -0.3 is 0 Å². The molecule has 0 aromatic heterocycles. The molecular weight excluding hydrogens is 348 g/mol. The first kappa shape index (κ1) is 20.7. The van der Waals surface area contributed by atoms with Crippen molar-refractivity contribution in [3.05, 3.63) is 24.3 Å². The van der Waals surface area contributed by atoms with Crippen molar-refractivity contribution in [2.45, 2.75) is 89.9 Å². The van der Waals surface area contributed by atoms with Gasteiger partial charge in [-0.1, -0.05) is 111 Å². The van der Waals surface area contributed by atoms with Crippen LogP contribution in [-0.2, 0) is 4.79 Å². The molecule has 0 fully saturated rings. The predicted molar refractivity (Wildman–Crippen MR) is 105 cm³/mol. The van der Waals surface area contributed by atoms with Crippen LogP contribution in [0, 0.1) is 5.92 Å². The van der Waals surface area contributed by atoms with Gasteiger partial charge in [-0.2, -0.15) is 0 Å². The van der Waals surface area contributed by atoms with Gasteiger partial charge in [0, 0.05) is 11.8 Å². The first-order valence-electron chi connectivity index (χ1n) is 9.78. The Hall–Kier alpha value is -0.370. The summed E-state index contributed by atoms with van der Waals surface area (Å²) in [6.07, 6.45) is 26.3. The fraction of sp³-hybridized carbons (Fsp3) is 0.762. The molecule has 1 rings (SSSR count). The summed E-state index contributed by atoms with van der Waals surface area (Å²) in [4.78, 5) is 11.9. The molecule has 0 atom stereocenters. The second-order valence-electron chi connectivity index (χ2n) is 6.80. The molecule has 0 aromatic rings.